The summed E-state index contributed by atoms with van der Waals surface area (Å²) in [7, 11) is -1.64. The number of hydrogen-bond donors (Lipinski definition) is 0. The second-order valence-electron chi connectivity index (χ2n) is 3.10. The van der Waals surface area contributed by atoms with Crippen LogP contribution in [0.2, 0.25) is 0 Å². The SMILES string of the molecule is CCc1ccc(OC)cc1S(C)(=O)=O. The zero-order valence-corrected chi connectivity index (χ0v) is 9.39. The van der Waals surface area contributed by atoms with E-state index >= 15 is 0 Å². The minimum atomic E-state index is -3.16. The van der Waals surface area contributed by atoms with Crippen molar-refractivity contribution in [2.24, 2.45) is 0 Å². The highest BCUT2D eigenvalue weighted by atomic mass is 32.2. The highest BCUT2D eigenvalue weighted by Gasteiger charge is 2.12. The van der Waals surface area contributed by atoms with Gasteiger partial charge < -0.3 is 4.74 Å². The molecular formula is C10H14O3S. The van der Waals surface area contributed by atoms with Gasteiger partial charge in [-0.25, -0.2) is 8.42 Å². The topological polar surface area (TPSA) is 43.4 Å². The summed E-state index contributed by atoms with van der Waals surface area (Å²) in [5.74, 6) is 0.572. The highest BCUT2D eigenvalue weighted by molar-refractivity contribution is 7.90. The van der Waals surface area contributed by atoms with Crippen molar-refractivity contribution in [3.05, 3.63) is 23.8 Å². The van der Waals surface area contributed by atoms with E-state index in [1.54, 1.807) is 18.2 Å². The van der Waals surface area contributed by atoms with Gasteiger partial charge in [-0.2, -0.15) is 0 Å². The van der Waals surface area contributed by atoms with Crippen LogP contribution in [-0.2, 0) is 16.3 Å². The van der Waals surface area contributed by atoms with Crippen molar-refractivity contribution in [2.75, 3.05) is 13.4 Å². The molecule has 0 aliphatic heterocycles. The van der Waals surface area contributed by atoms with Crippen LogP contribution in [0, 0.1) is 0 Å². The minimum Gasteiger partial charge on any atom is -0.497 e. The Morgan fingerprint density at radius 1 is 1.36 bits per heavy atom. The van der Waals surface area contributed by atoms with Crippen molar-refractivity contribution >= 4 is 9.84 Å². The molecule has 0 fully saturated rings. The summed E-state index contributed by atoms with van der Waals surface area (Å²) in [6.07, 6.45) is 1.91. The summed E-state index contributed by atoms with van der Waals surface area (Å²) in [5.41, 5.74) is 0.827. The van der Waals surface area contributed by atoms with Crippen molar-refractivity contribution < 1.29 is 13.2 Å². The molecule has 4 heteroatoms. The van der Waals surface area contributed by atoms with Gasteiger partial charge in [0.15, 0.2) is 9.84 Å². The van der Waals surface area contributed by atoms with Crippen LogP contribution in [0.5, 0.6) is 5.75 Å². The van der Waals surface area contributed by atoms with Crippen LogP contribution < -0.4 is 4.74 Å². The van der Waals surface area contributed by atoms with Gasteiger partial charge in [0.05, 0.1) is 12.0 Å². The van der Waals surface area contributed by atoms with E-state index in [-0.39, 0.29) is 0 Å². The Morgan fingerprint density at radius 2 is 2.00 bits per heavy atom. The number of ether oxygens (including phenoxy) is 1. The normalized spacial score (nSPS) is 11.4. The number of hydrogen-bond acceptors (Lipinski definition) is 3. The molecule has 14 heavy (non-hydrogen) atoms. The number of rotatable bonds is 3. The largest absolute Gasteiger partial charge is 0.497 e. The maximum Gasteiger partial charge on any atom is 0.175 e. The Hall–Kier alpha value is -1.03. The molecule has 0 N–H and O–H groups in total. The van der Waals surface area contributed by atoms with E-state index in [9.17, 15) is 8.42 Å². The Morgan fingerprint density at radius 3 is 2.43 bits per heavy atom. The van der Waals surface area contributed by atoms with Crippen LogP contribution in [0.15, 0.2) is 23.1 Å². The number of benzene rings is 1. The van der Waals surface area contributed by atoms with Gasteiger partial charge in [-0.1, -0.05) is 13.0 Å². The Kier molecular flexibility index (Phi) is 3.16. The van der Waals surface area contributed by atoms with Gasteiger partial charge in [0.1, 0.15) is 5.75 Å². The van der Waals surface area contributed by atoms with Gasteiger partial charge in [0.2, 0.25) is 0 Å². The lowest BCUT2D eigenvalue weighted by Gasteiger charge is -2.07. The molecule has 78 valence electrons. The molecular weight excluding hydrogens is 200 g/mol. The molecule has 0 bridgehead atoms. The molecule has 0 atom stereocenters. The molecule has 0 saturated carbocycles. The molecule has 0 aliphatic carbocycles. The second kappa shape index (κ2) is 4.00. The van der Waals surface area contributed by atoms with Crippen molar-refractivity contribution in [3.63, 3.8) is 0 Å². The van der Waals surface area contributed by atoms with E-state index in [2.05, 4.69) is 0 Å². The van der Waals surface area contributed by atoms with Crippen LogP contribution in [0.4, 0.5) is 0 Å². The quantitative estimate of drug-likeness (QED) is 0.768. The van der Waals surface area contributed by atoms with Gasteiger partial charge >= 0.3 is 0 Å². The number of sulfone groups is 1. The van der Waals surface area contributed by atoms with E-state index in [1.165, 1.54) is 13.4 Å². The van der Waals surface area contributed by atoms with E-state index in [0.717, 1.165) is 5.56 Å². The summed E-state index contributed by atoms with van der Waals surface area (Å²) in [4.78, 5) is 0.361. The van der Waals surface area contributed by atoms with Crippen LogP contribution in [0.3, 0.4) is 0 Å². The molecule has 0 radical (unpaired) electrons. The minimum absolute atomic E-state index is 0.361. The van der Waals surface area contributed by atoms with Gasteiger partial charge in [-0.05, 0) is 24.1 Å². The van der Waals surface area contributed by atoms with Crippen molar-refractivity contribution in [1.29, 1.82) is 0 Å². The van der Waals surface area contributed by atoms with E-state index < -0.39 is 9.84 Å². The number of methoxy groups -OCH3 is 1. The van der Waals surface area contributed by atoms with E-state index in [4.69, 9.17) is 4.74 Å². The number of aryl methyl sites for hydroxylation is 1. The molecule has 0 spiro atoms. The van der Waals surface area contributed by atoms with Crippen molar-refractivity contribution in [1.82, 2.24) is 0 Å². The lowest BCUT2D eigenvalue weighted by atomic mass is 10.2. The summed E-state index contributed by atoms with van der Waals surface area (Å²) in [6, 6.07) is 5.12. The predicted octanol–water partition coefficient (Wildman–Crippen LogP) is 1.66. The van der Waals surface area contributed by atoms with Crippen molar-refractivity contribution in [2.45, 2.75) is 18.2 Å². The van der Waals surface area contributed by atoms with Gasteiger partial charge in [-0.3, -0.25) is 0 Å². The molecule has 0 heterocycles. The smallest absolute Gasteiger partial charge is 0.175 e. The molecule has 0 saturated heterocycles. The summed E-state index contributed by atoms with van der Waals surface area (Å²) in [6.45, 7) is 1.93. The molecule has 1 aromatic carbocycles. The lowest BCUT2D eigenvalue weighted by molar-refractivity contribution is 0.413. The summed E-state index contributed by atoms with van der Waals surface area (Å²) >= 11 is 0. The Bertz CT molecular complexity index is 421. The zero-order chi connectivity index (χ0) is 10.8. The molecule has 0 aliphatic rings. The fraction of sp³-hybridized carbons (Fsp3) is 0.400. The summed E-state index contributed by atoms with van der Waals surface area (Å²) < 4.78 is 27.8. The van der Waals surface area contributed by atoms with Gasteiger partial charge in [0, 0.05) is 6.26 Å². The fourth-order valence-electron chi connectivity index (χ4n) is 1.30. The average Bonchev–Trinajstić information content (AvgIpc) is 2.15. The van der Waals surface area contributed by atoms with Crippen LogP contribution >= 0.6 is 0 Å². The first-order valence-electron chi connectivity index (χ1n) is 4.36. The molecule has 1 aromatic rings. The van der Waals surface area contributed by atoms with E-state index in [1.807, 2.05) is 6.92 Å². The molecule has 0 aromatic heterocycles. The third-order valence-corrected chi connectivity index (χ3v) is 3.23. The molecule has 0 amide bonds. The molecule has 1 rings (SSSR count). The first-order valence-corrected chi connectivity index (χ1v) is 6.25. The Labute approximate surface area is 84.6 Å². The highest BCUT2D eigenvalue weighted by Crippen LogP contribution is 2.22. The summed E-state index contributed by atoms with van der Waals surface area (Å²) in [5, 5.41) is 0. The third kappa shape index (κ3) is 2.26. The standard InChI is InChI=1S/C10H14O3S/c1-4-8-5-6-9(13-2)7-10(8)14(3,11)12/h5-7H,4H2,1-3H3. The maximum atomic E-state index is 11.4. The third-order valence-electron chi connectivity index (χ3n) is 2.05. The first-order chi connectivity index (χ1) is 6.49. The fourth-order valence-corrected chi connectivity index (χ4v) is 2.32. The van der Waals surface area contributed by atoms with Crippen LogP contribution in [0.1, 0.15) is 12.5 Å². The monoisotopic (exact) mass is 214 g/mol. The average molecular weight is 214 g/mol. The molecule has 3 nitrogen and oxygen atoms in total. The van der Waals surface area contributed by atoms with Gasteiger partial charge in [0.25, 0.3) is 0 Å². The predicted molar refractivity (Wildman–Crippen MR) is 55.5 cm³/mol. The van der Waals surface area contributed by atoms with Crippen molar-refractivity contribution in [3.8, 4) is 5.75 Å². The van der Waals surface area contributed by atoms with Gasteiger partial charge in [-0.15, -0.1) is 0 Å². The first kappa shape index (κ1) is 11.0. The lowest BCUT2D eigenvalue weighted by Crippen LogP contribution is -2.02. The Balaban J connectivity index is 3.37. The second-order valence-corrected chi connectivity index (χ2v) is 5.08. The zero-order valence-electron chi connectivity index (χ0n) is 8.57. The van der Waals surface area contributed by atoms with E-state index in [0.29, 0.717) is 17.1 Å². The van der Waals surface area contributed by atoms with Crippen LogP contribution in [-0.4, -0.2) is 21.8 Å². The maximum absolute atomic E-state index is 11.4. The van der Waals surface area contributed by atoms with Crippen LogP contribution in [0.25, 0.3) is 0 Å². The molecule has 0 unspecified atom stereocenters.